The summed E-state index contributed by atoms with van der Waals surface area (Å²) in [6.45, 7) is 4.16. The van der Waals surface area contributed by atoms with E-state index in [0.717, 1.165) is 25.9 Å². The van der Waals surface area contributed by atoms with Gasteiger partial charge in [0.15, 0.2) is 11.5 Å². The number of nitrogens with zero attached hydrogens (tertiary/aromatic N) is 4. The van der Waals surface area contributed by atoms with Crippen molar-refractivity contribution in [2.75, 3.05) is 31.1 Å². The van der Waals surface area contributed by atoms with Gasteiger partial charge in [-0.2, -0.15) is 0 Å². The van der Waals surface area contributed by atoms with Crippen LogP contribution in [0, 0.1) is 0 Å². The molecule has 6 nitrogen and oxygen atoms in total. The summed E-state index contributed by atoms with van der Waals surface area (Å²) < 4.78 is 0. The molecule has 0 amide bonds. The zero-order chi connectivity index (χ0) is 14.7. The highest BCUT2D eigenvalue weighted by Crippen LogP contribution is 2.24. The fourth-order valence-corrected chi connectivity index (χ4v) is 3.44. The van der Waals surface area contributed by atoms with Crippen molar-refractivity contribution in [3.8, 4) is 0 Å². The van der Waals surface area contributed by atoms with Crippen molar-refractivity contribution in [2.45, 2.75) is 38.1 Å². The molecule has 114 valence electrons. The maximum absolute atomic E-state index is 11.2. The van der Waals surface area contributed by atoms with Gasteiger partial charge < -0.3 is 14.9 Å². The summed E-state index contributed by atoms with van der Waals surface area (Å²) in [5, 5.41) is 9.21. The molecule has 2 aliphatic rings. The van der Waals surface area contributed by atoms with Gasteiger partial charge in [0, 0.05) is 31.5 Å². The number of rotatable bonds is 3. The van der Waals surface area contributed by atoms with Gasteiger partial charge >= 0.3 is 5.97 Å². The van der Waals surface area contributed by atoms with Crippen LogP contribution in [0.4, 0.5) is 5.82 Å². The van der Waals surface area contributed by atoms with Crippen LogP contribution in [0.15, 0.2) is 12.4 Å². The summed E-state index contributed by atoms with van der Waals surface area (Å²) in [6, 6.07) is 0.645. The van der Waals surface area contributed by atoms with E-state index in [0.29, 0.717) is 11.9 Å². The largest absolute Gasteiger partial charge is 0.476 e. The van der Waals surface area contributed by atoms with E-state index in [9.17, 15) is 9.90 Å². The standard InChI is InChI=1S/C15H22N4O2/c20-15(21)13-14(17-7-6-16-13)19-10-4-12(5-11-19)18-8-2-1-3-9-18/h6-7,12H,1-5,8-11H2,(H,20,21). The molecule has 0 bridgehead atoms. The molecule has 0 saturated carbocycles. The first kappa shape index (κ1) is 14.3. The monoisotopic (exact) mass is 290 g/mol. The van der Waals surface area contributed by atoms with Gasteiger partial charge in [0.25, 0.3) is 0 Å². The molecule has 1 aromatic rings. The summed E-state index contributed by atoms with van der Waals surface area (Å²) in [4.78, 5) is 24.1. The summed E-state index contributed by atoms with van der Waals surface area (Å²) in [6.07, 6.45) is 9.15. The lowest BCUT2D eigenvalue weighted by molar-refractivity contribution is 0.0690. The first-order valence-electron chi connectivity index (χ1n) is 7.79. The number of likely N-dealkylation sites (tertiary alicyclic amines) is 1. The maximum atomic E-state index is 11.2. The first-order chi connectivity index (χ1) is 10.3. The number of carboxylic acid groups (broad SMARTS) is 1. The number of carbonyl (C=O) groups is 1. The minimum absolute atomic E-state index is 0.0638. The Hall–Kier alpha value is -1.69. The number of piperidine rings is 2. The summed E-state index contributed by atoms with van der Waals surface area (Å²) in [5.41, 5.74) is 0.0638. The van der Waals surface area contributed by atoms with Crippen molar-refractivity contribution in [2.24, 2.45) is 0 Å². The van der Waals surface area contributed by atoms with Crippen molar-refractivity contribution in [3.05, 3.63) is 18.1 Å². The van der Waals surface area contributed by atoms with Gasteiger partial charge in [-0.15, -0.1) is 0 Å². The predicted octanol–water partition coefficient (Wildman–Crippen LogP) is 1.63. The van der Waals surface area contributed by atoms with Gasteiger partial charge in [0.05, 0.1) is 0 Å². The van der Waals surface area contributed by atoms with E-state index < -0.39 is 5.97 Å². The highest BCUT2D eigenvalue weighted by molar-refractivity contribution is 5.90. The number of anilines is 1. The van der Waals surface area contributed by atoms with Gasteiger partial charge in [-0.3, -0.25) is 0 Å². The Bertz CT molecular complexity index is 494. The molecule has 2 fully saturated rings. The van der Waals surface area contributed by atoms with Crippen LogP contribution in [-0.2, 0) is 0 Å². The number of carboxylic acids is 1. The number of aromatic carboxylic acids is 1. The maximum Gasteiger partial charge on any atom is 0.358 e. The molecule has 0 atom stereocenters. The summed E-state index contributed by atoms with van der Waals surface area (Å²) in [5.74, 6) is -0.488. The molecule has 0 radical (unpaired) electrons. The third-order valence-electron chi connectivity index (χ3n) is 4.55. The lowest BCUT2D eigenvalue weighted by Crippen LogP contribution is -2.47. The molecule has 2 saturated heterocycles. The Balaban J connectivity index is 1.64. The highest BCUT2D eigenvalue weighted by Gasteiger charge is 2.28. The van der Waals surface area contributed by atoms with Gasteiger partial charge in [-0.1, -0.05) is 6.42 Å². The molecule has 1 N–H and O–H groups in total. The fourth-order valence-electron chi connectivity index (χ4n) is 3.44. The summed E-state index contributed by atoms with van der Waals surface area (Å²) in [7, 11) is 0. The Morgan fingerprint density at radius 3 is 2.38 bits per heavy atom. The van der Waals surface area contributed by atoms with Crippen LogP contribution in [0.3, 0.4) is 0 Å². The highest BCUT2D eigenvalue weighted by atomic mass is 16.4. The second kappa shape index (κ2) is 6.39. The van der Waals surface area contributed by atoms with Crippen LogP contribution in [0.25, 0.3) is 0 Å². The Labute approximate surface area is 124 Å². The molecule has 3 heterocycles. The fraction of sp³-hybridized carbons (Fsp3) is 0.667. The predicted molar refractivity (Wildman–Crippen MR) is 79.7 cm³/mol. The summed E-state index contributed by atoms with van der Waals surface area (Å²) >= 11 is 0. The van der Waals surface area contributed by atoms with Crippen molar-refractivity contribution in [1.29, 1.82) is 0 Å². The van der Waals surface area contributed by atoms with E-state index in [1.54, 1.807) is 6.20 Å². The molecule has 21 heavy (non-hydrogen) atoms. The minimum atomic E-state index is -1.00. The normalized spacial score (nSPS) is 21.4. The molecule has 0 spiro atoms. The Kier molecular flexibility index (Phi) is 4.34. The van der Waals surface area contributed by atoms with Crippen molar-refractivity contribution < 1.29 is 9.90 Å². The quantitative estimate of drug-likeness (QED) is 0.912. The van der Waals surface area contributed by atoms with E-state index in [2.05, 4.69) is 19.8 Å². The molecule has 6 heteroatoms. The molecule has 1 aromatic heterocycles. The number of hydrogen-bond acceptors (Lipinski definition) is 5. The molecule has 0 unspecified atom stereocenters. The number of hydrogen-bond donors (Lipinski definition) is 1. The van der Waals surface area contributed by atoms with Crippen LogP contribution in [0.2, 0.25) is 0 Å². The van der Waals surface area contributed by atoms with Gasteiger partial charge in [0.1, 0.15) is 0 Å². The van der Waals surface area contributed by atoms with Gasteiger partial charge in [-0.25, -0.2) is 14.8 Å². The molecular formula is C15H22N4O2. The van der Waals surface area contributed by atoms with Crippen LogP contribution >= 0.6 is 0 Å². The smallest absolute Gasteiger partial charge is 0.358 e. The lowest BCUT2D eigenvalue weighted by Gasteiger charge is -2.40. The van der Waals surface area contributed by atoms with Crippen LogP contribution in [0.1, 0.15) is 42.6 Å². The zero-order valence-electron chi connectivity index (χ0n) is 12.2. The first-order valence-corrected chi connectivity index (χ1v) is 7.79. The van der Waals surface area contributed by atoms with Crippen LogP contribution in [-0.4, -0.2) is 58.2 Å². The Morgan fingerprint density at radius 1 is 1.05 bits per heavy atom. The third kappa shape index (κ3) is 3.15. The van der Waals surface area contributed by atoms with E-state index in [1.807, 2.05) is 0 Å². The Morgan fingerprint density at radius 2 is 1.71 bits per heavy atom. The molecular weight excluding hydrogens is 268 g/mol. The SMILES string of the molecule is O=C(O)c1nccnc1N1CCC(N2CCCCC2)CC1. The second-order valence-corrected chi connectivity index (χ2v) is 5.85. The third-order valence-corrected chi connectivity index (χ3v) is 4.55. The molecule has 3 rings (SSSR count). The van der Waals surface area contributed by atoms with Crippen molar-refractivity contribution >= 4 is 11.8 Å². The topological polar surface area (TPSA) is 69.6 Å². The van der Waals surface area contributed by atoms with Crippen molar-refractivity contribution in [1.82, 2.24) is 14.9 Å². The average molecular weight is 290 g/mol. The van der Waals surface area contributed by atoms with Crippen LogP contribution in [0.5, 0.6) is 0 Å². The average Bonchev–Trinajstić information content (AvgIpc) is 2.56. The van der Waals surface area contributed by atoms with E-state index in [4.69, 9.17) is 0 Å². The van der Waals surface area contributed by atoms with Gasteiger partial charge in [0.2, 0.25) is 0 Å². The van der Waals surface area contributed by atoms with E-state index in [-0.39, 0.29) is 5.69 Å². The molecule has 2 aliphatic heterocycles. The minimum Gasteiger partial charge on any atom is -0.476 e. The molecule has 0 aromatic carbocycles. The van der Waals surface area contributed by atoms with Crippen molar-refractivity contribution in [3.63, 3.8) is 0 Å². The van der Waals surface area contributed by atoms with Crippen LogP contribution < -0.4 is 4.90 Å². The molecule has 0 aliphatic carbocycles. The second-order valence-electron chi connectivity index (χ2n) is 5.85. The van der Waals surface area contributed by atoms with E-state index in [1.165, 1.54) is 38.5 Å². The number of aromatic nitrogens is 2. The van der Waals surface area contributed by atoms with E-state index >= 15 is 0 Å². The van der Waals surface area contributed by atoms with Gasteiger partial charge in [-0.05, 0) is 38.8 Å². The zero-order valence-corrected chi connectivity index (χ0v) is 12.2. The lowest BCUT2D eigenvalue weighted by atomic mass is 10.00.